The van der Waals surface area contributed by atoms with E-state index in [-0.39, 0.29) is 12.4 Å². The molecule has 0 saturated heterocycles. The molecule has 0 atom stereocenters. The zero-order chi connectivity index (χ0) is 10.6. The average molecular weight is 189 g/mol. The Morgan fingerprint density at radius 2 is 2.29 bits per heavy atom. The molecule has 3 N–H and O–H groups in total. The molecule has 0 saturated carbocycles. The van der Waals surface area contributed by atoms with Gasteiger partial charge in [-0.05, 0) is 25.1 Å². The molecule has 0 radical (unpaired) electrons. The van der Waals surface area contributed by atoms with Crippen LogP contribution < -0.4 is 5.73 Å². The first-order valence-electron chi connectivity index (χ1n) is 4.15. The normalized spacial score (nSPS) is 9.00. The predicted octanol–water partition coefficient (Wildman–Crippen LogP) is 0.815. The minimum absolute atomic E-state index is 0.0878. The molecule has 0 unspecified atom stereocenters. The summed E-state index contributed by atoms with van der Waals surface area (Å²) in [5, 5.41) is 8.50. The quantitative estimate of drug-likeness (QED) is 0.390. The zero-order valence-electron chi connectivity index (χ0n) is 7.87. The molecule has 0 aromatic heterocycles. The second kappa shape index (κ2) is 4.45. The molecule has 1 aromatic carbocycles. The largest absolute Gasteiger partial charge is 0.398 e. The van der Waals surface area contributed by atoms with E-state index in [1.165, 1.54) is 6.92 Å². The van der Waals surface area contributed by atoms with Gasteiger partial charge in [-0.25, -0.2) is 0 Å². The fourth-order valence-corrected chi connectivity index (χ4v) is 1.08. The third kappa shape index (κ3) is 2.35. The van der Waals surface area contributed by atoms with Crippen molar-refractivity contribution in [2.24, 2.45) is 0 Å². The molecular weight excluding hydrogens is 178 g/mol. The number of nitrogens with two attached hydrogens (primary N) is 1. The lowest BCUT2D eigenvalue weighted by molar-refractivity contribution is 0.101. The zero-order valence-corrected chi connectivity index (χ0v) is 7.87. The lowest BCUT2D eigenvalue weighted by atomic mass is 10.1. The predicted molar refractivity (Wildman–Crippen MR) is 54.8 cm³/mol. The number of benzene rings is 1. The number of ketones is 1. The summed E-state index contributed by atoms with van der Waals surface area (Å²) in [5.74, 6) is 5.12. The minimum atomic E-state index is -0.195. The van der Waals surface area contributed by atoms with Crippen molar-refractivity contribution in [3.05, 3.63) is 29.3 Å². The van der Waals surface area contributed by atoms with Gasteiger partial charge < -0.3 is 10.8 Å². The molecule has 1 aromatic rings. The summed E-state index contributed by atoms with van der Waals surface area (Å²) in [5.41, 5.74) is 7.20. The van der Waals surface area contributed by atoms with Crippen LogP contribution in [0.5, 0.6) is 0 Å². The van der Waals surface area contributed by atoms with Crippen LogP contribution in [-0.2, 0) is 0 Å². The van der Waals surface area contributed by atoms with Crippen molar-refractivity contribution < 1.29 is 9.90 Å². The number of carbonyl (C=O) groups excluding carboxylic acids is 1. The number of aliphatic hydroxyl groups excluding tert-OH is 1. The molecule has 0 aliphatic carbocycles. The first-order valence-corrected chi connectivity index (χ1v) is 4.15. The van der Waals surface area contributed by atoms with E-state index >= 15 is 0 Å². The summed E-state index contributed by atoms with van der Waals surface area (Å²) in [7, 11) is 0. The topological polar surface area (TPSA) is 63.3 Å². The number of rotatable bonds is 1. The van der Waals surface area contributed by atoms with Crippen molar-refractivity contribution in [3.63, 3.8) is 0 Å². The smallest absolute Gasteiger partial charge is 0.161 e. The maximum Gasteiger partial charge on any atom is 0.161 e. The molecule has 3 nitrogen and oxygen atoms in total. The molecule has 0 spiro atoms. The van der Waals surface area contributed by atoms with Crippen LogP contribution in [0.25, 0.3) is 0 Å². The second-order valence-corrected chi connectivity index (χ2v) is 2.82. The Balaban J connectivity index is 3.13. The number of carbonyl (C=O) groups is 1. The van der Waals surface area contributed by atoms with Crippen LogP contribution in [0.3, 0.4) is 0 Å². The van der Waals surface area contributed by atoms with Gasteiger partial charge in [-0.1, -0.05) is 11.8 Å². The lowest BCUT2D eigenvalue weighted by Crippen LogP contribution is -1.99. The first kappa shape index (κ1) is 10.3. The van der Waals surface area contributed by atoms with E-state index in [1.807, 2.05) is 0 Å². The number of nitrogen functional groups attached to an aromatic ring is 1. The van der Waals surface area contributed by atoms with E-state index < -0.39 is 0 Å². The van der Waals surface area contributed by atoms with E-state index in [2.05, 4.69) is 11.8 Å². The Morgan fingerprint density at radius 1 is 1.57 bits per heavy atom. The van der Waals surface area contributed by atoms with E-state index in [0.717, 1.165) is 0 Å². The summed E-state index contributed by atoms with van der Waals surface area (Å²) < 4.78 is 0. The van der Waals surface area contributed by atoms with E-state index in [4.69, 9.17) is 10.8 Å². The van der Waals surface area contributed by atoms with Gasteiger partial charge in [0.1, 0.15) is 6.61 Å². The SMILES string of the molecule is CC(=O)c1cc(C#CCO)ccc1N. The van der Waals surface area contributed by atoms with Crippen molar-refractivity contribution in [1.82, 2.24) is 0 Å². The first-order chi connectivity index (χ1) is 6.65. The van der Waals surface area contributed by atoms with Gasteiger partial charge in [0.2, 0.25) is 0 Å². The van der Waals surface area contributed by atoms with Crippen molar-refractivity contribution in [3.8, 4) is 11.8 Å². The minimum Gasteiger partial charge on any atom is -0.398 e. The number of hydrogen-bond donors (Lipinski definition) is 2. The number of hydrogen-bond acceptors (Lipinski definition) is 3. The van der Waals surface area contributed by atoms with Crippen molar-refractivity contribution >= 4 is 11.5 Å². The number of aliphatic hydroxyl groups is 1. The third-order valence-electron chi connectivity index (χ3n) is 1.74. The van der Waals surface area contributed by atoms with Gasteiger partial charge >= 0.3 is 0 Å². The summed E-state index contributed by atoms with van der Waals surface area (Å²) in [6.45, 7) is 1.26. The van der Waals surface area contributed by atoms with Gasteiger partial charge in [0, 0.05) is 16.8 Å². The molecule has 3 heteroatoms. The Hall–Kier alpha value is -1.79. The summed E-state index contributed by atoms with van der Waals surface area (Å²) >= 11 is 0. The van der Waals surface area contributed by atoms with E-state index in [1.54, 1.807) is 18.2 Å². The standard InChI is InChI=1S/C11H11NO2/c1-8(14)10-7-9(3-2-6-13)4-5-11(10)12/h4-5,7,13H,6,12H2,1H3. The molecule has 14 heavy (non-hydrogen) atoms. The van der Waals surface area contributed by atoms with Gasteiger partial charge in [0.05, 0.1) is 0 Å². The van der Waals surface area contributed by atoms with Crippen molar-refractivity contribution in [1.29, 1.82) is 0 Å². The van der Waals surface area contributed by atoms with Crippen LogP contribution in [0.2, 0.25) is 0 Å². The Labute approximate surface area is 82.6 Å². The third-order valence-corrected chi connectivity index (χ3v) is 1.74. The Kier molecular flexibility index (Phi) is 3.27. The van der Waals surface area contributed by atoms with Crippen LogP contribution in [-0.4, -0.2) is 17.5 Å². The molecular formula is C11H11NO2. The van der Waals surface area contributed by atoms with Gasteiger partial charge in [-0.3, -0.25) is 4.79 Å². The fraction of sp³-hybridized carbons (Fsp3) is 0.182. The van der Waals surface area contributed by atoms with Gasteiger partial charge in [-0.2, -0.15) is 0 Å². The molecule has 0 heterocycles. The van der Waals surface area contributed by atoms with Gasteiger partial charge in [0.25, 0.3) is 0 Å². The van der Waals surface area contributed by atoms with Gasteiger partial charge in [-0.15, -0.1) is 0 Å². The maximum absolute atomic E-state index is 11.1. The Bertz CT molecular complexity index is 413. The van der Waals surface area contributed by atoms with E-state index in [0.29, 0.717) is 16.8 Å². The van der Waals surface area contributed by atoms with Crippen molar-refractivity contribution in [2.75, 3.05) is 12.3 Å². The maximum atomic E-state index is 11.1. The fourth-order valence-electron chi connectivity index (χ4n) is 1.08. The molecule has 0 aliphatic rings. The highest BCUT2D eigenvalue weighted by molar-refractivity contribution is 5.99. The molecule has 1 rings (SSSR count). The van der Waals surface area contributed by atoms with Crippen LogP contribution in [0.4, 0.5) is 5.69 Å². The van der Waals surface area contributed by atoms with Crippen LogP contribution in [0.15, 0.2) is 18.2 Å². The number of anilines is 1. The van der Waals surface area contributed by atoms with Crippen LogP contribution in [0, 0.1) is 11.8 Å². The second-order valence-electron chi connectivity index (χ2n) is 2.82. The van der Waals surface area contributed by atoms with Crippen molar-refractivity contribution in [2.45, 2.75) is 6.92 Å². The lowest BCUT2D eigenvalue weighted by Gasteiger charge is -2.01. The summed E-state index contributed by atoms with van der Waals surface area (Å²) in [6, 6.07) is 4.98. The highest BCUT2D eigenvalue weighted by Gasteiger charge is 2.04. The highest BCUT2D eigenvalue weighted by atomic mass is 16.2. The summed E-state index contributed by atoms with van der Waals surface area (Å²) in [6.07, 6.45) is 0. The monoisotopic (exact) mass is 189 g/mol. The van der Waals surface area contributed by atoms with Crippen LogP contribution in [0.1, 0.15) is 22.8 Å². The van der Waals surface area contributed by atoms with Crippen LogP contribution >= 0.6 is 0 Å². The molecule has 0 amide bonds. The van der Waals surface area contributed by atoms with E-state index in [9.17, 15) is 4.79 Å². The molecule has 0 fully saturated rings. The molecule has 72 valence electrons. The highest BCUT2D eigenvalue weighted by Crippen LogP contribution is 2.13. The Morgan fingerprint density at radius 3 is 2.86 bits per heavy atom. The summed E-state index contributed by atoms with van der Waals surface area (Å²) in [4.78, 5) is 11.1. The number of Topliss-reactive ketones (excluding diaryl/α,β-unsaturated/α-hetero) is 1. The van der Waals surface area contributed by atoms with Gasteiger partial charge in [0.15, 0.2) is 5.78 Å². The average Bonchev–Trinajstić information content (AvgIpc) is 2.16. The molecule has 0 aliphatic heterocycles. The molecule has 0 bridgehead atoms.